The van der Waals surface area contributed by atoms with E-state index in [0.29, 0.717) is 0 Å². The molecule has 9 rings (SSSR count). The highest BCUT2D eigenvalue weighted by atomic mass is 16.3. The minimum atomic E-state index is 0.857. The first-order chi connectivity index (χ1) is 21.8. The van der Waals surface area contributed by atoms with Gasteiger partial charge in [0.1, 0.15) is 22.3 Å². The van der Waals surface area contributed by atoms with Crippen LogP contribution in [0, 0.1) is 0 Å². The fourth-order valence-corrected chi connectivity index (χ4v) is 6.65. The van der Waals surface area contributed by atoms with Crippen molar-refractivity contribution in [2.45, 2.75) is 0 Å². The summed E-state index contributed by atoms with van der Waals surface area (Å²) in [5, 5.41) is 4.28. The van der Waals surface area contributed by atoms with Crippen LogP contribution in [0.4, 0.5) is 0 Å². The summed E-state index contributed by atoms with van der Waals surface area (Å²) in [5.74, 6) is 0. The van der Waals surface area contributed by atoms with E-state index in [4.69, 9.17) is 8.83 Å². The van der Waals surface area contributed by atoms with Gasteiger partial charge in [-0.3, -0.25) is 0 Å². The number of fused-ring (bicyclic) bond motifs is 6. The minimum absolute atomic E-state index is 0.857. The number of hydrogen-bond donors (Lipinski definition) is 0. The molecule has 0 unspecified atom stereocenters. The lowest BCUT2D eigenvalue weighted by Gasteiger charge is -2.11. The fraction of sp³-hybridized carbons (Fsp3) is 0. The van der Waals surface area contributed by atoms with E-state index in [2.05, 4.69) is 158 Å². The van der Waals surface area contributed by atoms with Crippen LogP contribution in [0.15, 0.2) is 167 Å². The summed E-state index contributed by atoms with van der Waals surface area (Å²) in [7, 11) is 0. The van der Waals surface area contributed by atoms with Crippen molar-refractivity contribution in [1.82, 2.24) is 0 Å². The van der Waals surface area contributed by atoms with Crippen LogP contribution in [-0.2, 0) is 0 Å². The van der Waals surface area contributed by atoms with Gasteiger partial charge < -0.3 is 8.83 Å². The molecule has 0 saturated heterocycles. The number of rotatable bonds is 4. The first-order valence-corrected chi connectivity index (χ1v) is 14.9. The molecule has 44 heavy (non-hydrogen) atoms. The van der Waals surface area contributed by atoms with Gasteiger partial charge in [-0.25, -0.2) is 0 Å². The summed E-state index contributed by atoms with van der Waals surface area (Å²) in [5.41, 5.74) is 12.4. The van der Waals surface area contributed by atoms with Crippen molar-refractivity contribution in [1.29, 1.82) is 0 Å². The lowest BCUT2D eigenvalue weighted by atomic mass is 9.89. The Bertz CT molecular complexity index is 2270. The lowest BCUT2D eigenvalue weighted by Crippen LogP contribution is -1.87. The molecule has 2 heterocycles. The maximum absolute atomic E-state index is 6.89. The Kier molecular flexibility index (Phi) is 5.54. The molecule has 2 heteroatoms. The average molecular weight is 563 g/mol. The second-order valence-electron chi connectivity index (χ2n) is 11.2. The highest BCUT2D eigenvalue weighted by Crippen LogP contribution is 2.51. The molecule has 0 bridgehead atoms. The Morgan fingerprint density at radius 3 is 1.00 bits per heavy atom. The van der Waals surface area contributed by atoms with Crippen molar-refractivity contribution < 1.29 is 8.83 Å². The standard InChI is InChI=1S/C42H26O2/c1-5-13-27(14-6-1)31-21-23-35-33(25-31)39-37(29-17-9-3-10-18-29)42-40(38(41(39)43-35)30-19-11-4-12-20-30)34-26-32(22-24-36(34)44-42)28-15-7-2-8-16-28/h1-26H. The molecule has 7 aromatic carbocycles. The Morgan fingerprint density at radius 2 is 0.636 bits per heavy atom. The van der Waals surface area contributed by atoms with Gasteiger partial charge in [0.25, 0.3) is 0 Å². The van der Waals surface area contributed by atoms with Crippen LogP contribution >= 0.6 is 0 Å². The molecule has 9 aromatic rings. The third-order valence-corrected chi connectivity index (χ3v) is 8.67. The smallest absolute Gasteiger partial charge is 0.144 e. The van der Waals surface area contributed by atoms with Crippen molar-refractivity contribution >= 4 is 43.9 Å². The normalized spacial score (nSPS) is 11.6. The average Bonchev–Trinajstić information content (AvgIpc) is 3.66. The van der Waals surface area contributed by atoms with Crippen molar-refractivity contribution in [2.75, 3.05) is 0 Å². The molecule has 0 fully saturated rings. The van der Waals surface area contributed by atoms with Crippen LogP contribution < -0.4 is 0 Å². The molecule has 0 saturated carbocycles. The van der Waals surface area contributed by atoms with E-state index >= 15 is 0 Å². The molecule has 2 nitrogen and oxygen atoms in total. The van der Waals surface area contributed by atoms with Crippen molar-refractivity contribution in [3.05, 3.63) is 158 Å². The van der Waals surface area contributed by atoms with E-state index in [1.807, 2.05) is 0 Å². The van der Waals surface area contributed by atoms with Crippen LogP contribution in [-0.4, -0.2) is 0 Å². The molecule has 0 aliphatic rings. The molecule has 0 atom stereocenters. The highest BCUT2D eigenvalue weighted by molar-refractivity contribution is 6.30. The molecule has 0 spiro atoms. The zero-order valence-corrected chi connectivity index (χ0v) is 23.8. The van der Waals surface area contributed by atoms with E-state index in [0.717, 1.165) is 77.3 Å². The Morgan fingerprint density at radius 1 is 0.295 bits per heavy atom. The van der Waals surface area contributed by atoms with Gasteiger partial charge in [-0.15, -0.1) is 0 Å². The highest BCUT2D eigenvalue weighted by Gasteiger charge is 2.26. The predicted octanol–water partition coefficient (Wildman–Crippen LogP) is 12.2. The third kappa shape index (κ3) is 3.82. The summed E-state index contributed by atoms with van der Waals surface area (Å²) >= 11 is 0. The van der Waals surface area contributed by atoms with Crippen LogP contribution in [0.1, 0.15) is 0 Å². The zero-order chi connectivity index (χ0) is 29.0. The topological polar surface area (TPSA) is 26.3 Å². The first-order valence-electron chi connectivity index (χ1n) is 14.9. The van der Waals surface area contributed by atoms with Gasteiger partial charge in [-0.1, -0.05) is 133 Å². The minimum Gasteiger partial charge on any atom is -0.455 e. The van der Waals surface area contributed by atoms with Gasteiger partial charge in [-0.05, 0) is 57.6 Å². The van der Waals surface area contributed by atoms with Gasteiger partial charge >= 0.3 is 0 Å². The summed E-state index contributed by atoms with van der Waals surface area (Å²) in [6, 6.07) is 55.2. The second-order valence-corrected chi connectivity index (χ2v) is 11.2. The molecule has 2 aromatic heterocycles. The van der Waals surface area contributed by atoms with Crippen molar-refractivity contribution in [2.24, 2.45) is 0 Å². The number of hydrogen-bond acceptors (Lipinski definition) is 2. The monoisotopic (exact) mass is 562 g/mol. The van der Waals surface area contributed by atoms with E-state index in [1.165, 1.54) is 11.1 Å². The lowest BCUT2D eigenvalue weighted by molar-refractivity contribution is 0.665. The van der Waals surface area contributed by atoms with Crippen molar-refractivity contribution in [3.8, 4) is 44.5 Å². The molecular formula is C42H26O2. The van der Waals surface area contributed by atoms with Gasteiger partial charge in [0, 0.05) is 32.7 Å². The molecule has 0 amide bonds. The Labute approximate surface area is 254 Å². The van der Waals surface area contributed by atoms with Gasteiger partial charge in [-0.2, -0.15) is 0 Å². The summed E-state index contributed by atoms with van der Waals surface area (Å²) in [6.07, 6.45) is 0. The van der Waals surface area contributed by atoms with Gasteiger partial charge in [0.2, 0.25) is 0 Å². The van der Waals surface area contributed by atoms with Gasteiger partial charge in [0.15, 0.2) is 0 Å². The summed E-state index contributed by atoms with van der Waals surface area (Å²) in [6.45, 7) is 0. The quantitative estimate of drug-likeness (QED) is 0.213. The second kappa shape index (κ2) is 9.86. The Hall–Kier alpha value is -5.86. The van der Waals surface area contributed by atoms with Gasteiger partial charge in [0.05, 0.1) is 0 Å². The number of benzene rings is 7. The molecule has 0 aliphatic carbocycles. The van der Waals surface area contributed by atoms with E-state index < -0.39 is 0 Å². The van der Waals surface area contributed by atoms with Crippen LogP contribution in [0.2, 0.25) is 0 Å². The number of furan rings is 2. The van der Waals surface area contributed by atoms with E-state index in [9.17, 15) is 0 Å². The molecule has 0 N–H and O–H groups in total. The predicted molar refractivity (Wildman–Crippen MR) is 183 cm³/mol. The van der Waals surface area contributed by atoms with Crippen molar-refractivity contribution in [3.63, 3.8) is 0 Å². The third-order valence-electron chi connectivity index (χ3n) is 8.67. The summed E-state index contributed by atoms with van der Waals surface area (Å²) in [4.78, 5) is 0. The van der Waals surface area contributed by atoms with E-state index in [1.54, 1.807) is 0 Å². The van der Waals surface area contributed by atoms with E-state index in [-0.39, 0.29) is 0 Å². The maximum atomic E-state index is 6.89. The first kappa shape index (κ1) is 24.7. The Balaban J connectivity index is 1.49. The van der Waals surface area contributed by atoms with Crippen LogP contribution in [0.25, 0.3) is 88.4 Å². The molecule has 0 radical (unpaired) electrons. The van der Waals surface area contributed by atoms with Crippen LogP contribution in [0.3, 0.4) is 0 Å². The molecular weight excluding hydrogens is 536 g/mol. The fourth-order valence-electron chi connectivity index (χ4n) is 6.65. The summed E-state index contributed by atoms with van der Waals surface area (Å²) < 4.78 is 13.8. The molecule has 0 aliphatic heterocycles. The zero-order valence-electron chi connectivity index (χ0n) is 23.8. The maximum Gasteiger partial charge on any atom is 0.144 e. The molecule has 206 valence electrons. The van der Waals surface area contributed by atoms with Crippen LogP contribution in [0.5, 0.6) is 0 Å². The largest absolute Gasteiger partial charge is 0.455 e. The SMILES string of the molecule is c1ccc(-c2ccc3oc4c(-c5ccccc5)c5c(oc6ccc(-c7ccccc7)cc65)c(-c5ccccc5)c4c3c2)cc1.